The van der Waals surface area contributed by atoms with E-state index in [1.165, 1.54) is 0 Å². The molecular formula is C12H22F3N3O2. The van der Waals surface area contributed by atoms with Crippen molar-refractivity contribution in [2.45, 2.75) is 38.5 Å². The zero-order valence-electron chi connectivity index (χ0n) is 11.6. The van der Waals surface area contributed by atoms with Gasteiger partial charge in [0, 0.05) is 19.7 Å². The van der Waals surface area contributed by atoms with E-state index < -0.39 is 17.9 Å². The summed E-state index contributed by atoms with van der Waals surface area (Å²) >= 11 is 0. The van der Waals surface area contributed by atoms with E-state index in [0.717, 1.165) is 19.3 Å². The first-order chi connectivity index (χ1) is 9.38. The van der Waals surface area contributed by atoms with Crippen LogP contribution in [0.4, 0.5) is 13.2 Å². The molecule has 118 valence electrons. The largest absolute Gasteiger partial charge is 0.409 e. The molecule has 0 spiro atoms. The van der Waals surface area contributed by atoms with Crippen molar-refractivity contribution < 1.29 is 23.1 Å². The Balaban J connectivity index is 2.60. The van der Waals surface area contributed by atoms with Crippen LogP contribution in [0.25, 0.3) is 0 Å². The van der Waals surface area contributed by atoms with Gasteiger partial charge in [0.2, 0.25) is 0 Å². The minimum atomic E-state index is -4.52. The molecule has 0 aromatic carbocycles. The van der Waals surface area contributed by atoms with Gasteiger partial charge in [0.25, 0.3) is 0 Å². The molecule has 1 aliphatic heterocycles. The number of ether oxygens (including phenoxy) is 1. The van der Waals surface area contributed by atoms with Crippen molar-refractivity contribution in [2.24, 2.45) is 16.8 Å². The molecule has 2 atom stereocenters. The molecule has 0 saturated carbocycles. The number of piperidine rings is 1. The lowest BCUT2D eigenvalue weighted by Crippen LogP contribution is -2.48. The maximum Gasteiger partial charge on any atom is 0.400 e. The van der Waals surface area contributed by atoms with Crippen LogP contribution in [-0.2, 0) is 4.74 Å². The highest BCUT2D eigenvalue weighted by atomic mass is 19.4. The number of alkyl halides is 3. The molecule has 0 aromatic heterocycles. The Morgan fingerprint density at radius 1 is 1.55 bits per heavy atom. The van der Waals surface area contributed by atoms with Crippen LogP contribution in [0.15, 0.2) is 5.16 Å². The molecular weight excluding hydrogens is 275 g/mol. The molecule has 1 rings (SSSR count). The Kier molecular flexibility index (Phi) is 6.54. The zero-order chi connectivity index (χ0) is 15.2. The molecule has 1 fully saturated rings. The molecule has 8 heteroatoms. The number of hydrogen-bond donors (Lipinski definition) is 2. The molecule has 3 N–H and O–H groups in total. The molecule has 2 unspecified atom stereocenters. The van der Waals surface area contributed by atoms with Crippen LogP contribution >= 0.6 is 0 Å². The van der Waals surface area contributed by atoms with Gasteiger partial charge >= 0.3 is 6.18 Å². The number of oxime groups is 1. The van der Waals surface area contributed by atoms with Crippen molar-refractivity contribution >= 4 is 5.84 Å². The standard InChI is InChI=1S/C12H22F3N3O2/c1-2-6-20-9-4-3-5-18(7-9)8-10(11(16)17-19)12(13,14)15/h9-10,19H,2-8H2,1H3,(H2,16,17). The fraction of sp³-hybridized carbons (Fsp3) is 0.917. The summed E-state index contributed by atoms with van der Waals surface area (Å²) in [7, 11) is 0. The molecule has 20 heavy (non-hydrogen) atoms. The van der Waals surface area contributed by atoms with Gasteiger partial charge in [-0.3, -0.25) is 4.90 Å². The van der Waals surface area contributed by atoms with Crippen molar-refractivity contribution in [1.29, 1.82) is 0 Å². The Bertz CT molecular complexity index is 324. The lowest BCUT2D eigenvalue weighted by molar-refractivity contribution is -0.162. The van der Waals surface area contributed by atoms with E-state index in [2.05, 4.69) is 5.16 Å². The van der Waals surface area contributed by atoms with E-state index in [4.69, 9.17) is 15.7 Å². The SMILES string of the molecule is CCCOC1CCCN(CC(C(N)=NO)C(F)(F)F)C1. The second-order valence-corrected chi connectivity index (χ2v) is 5.01. The van der Waals surface area contributed by atoms with E-state index in [-0.39, 0.29) is 12.6 Å². The van der Waals surface area contributed by atoms with Crippen molar-refractivity contribution in [3.05, 3.63) is 0 Å². The van der Waals surface area contributed by atoms with Crippen molar-refractivity contribution in [3.63, 3.8) is 0 Å². The molecule has 0 aromatic rings. The third-order valence-electron chi connectivity index (χ3n) is 3.33. The van der Waals surface area contributed by atoms with E-state index in [1.807, 2.05) is 6.92 Å². The highest BCUT2D eigenvalue weighted by Gasteiger charge is 2.44. The molecule has 0 bridgehead atoms. The van der Waals surface area contributed by atoms with Gasteiger partial charge in [-0.15, -0.1) is 0 Å². The molecule has 1 saturated heterocycles. The quantitative estimate of drug-likeness (QED) is 0.339. The average molecular weight is 297 g/mol. The number of nitrogens with two attached hydrogens (primary N) is 1. The zero-order valence-corrected chi connectivity index (χ0v) is 11.6. The number of amidine groups is 1. The van der Waals surface area contributed by atoms with Crippen LogP contribution in [0.1, 0.15) is 26.2 Å². The van der Waals surface area contributed by atoms with Crippen LogP contribution in [0.3, 0.4) is 0 Å². The Labute approximate surface area is 116 Å². The topological polar surface area (TPSA) is 71.1 Å². The van der Waals surface area contributed by atoms with E-state index in [0.29, 0.717) is 19.7 Å². The second kappa shape index (κ2) is 7.68. The average Bonchev–Trinajstić information content (AvgIpc) is 2.41. The summed E-state index contributed by atoms with van der Waals surface area (Å²) in [6, 6.07) is 0. The summed E-state index contributed by atoms with van der Waals surface area (Å²) in [5.74, 6) is -2.74. The monoisotopic (exact) mass is 297 g/mol. The van der Waals surface area contributed by atoms with Crippen molar-refractivity contribution in [3.8, 4) is 0 Å². The van der Waals surface area contributed by atoms with Crippen LogP contribution < -0.4 is 5.73 Å². The van der Waals surface area contributed by atoms with Gasteiger partial charge in [0.05, 0.1) is 6.10 Å². The number of likely N-dealkylation sites (tertiary alicyclic amines) is 1. The third-order valence-corrected chi connectivity index (χ3v) is 3.33. The lowest BCUT2D eigenvalue weighted by Gasteiger charge is -2.35. The van der Waals surface area contributed by atoms with Crippen LogP contribution in [0.5, 0.6) is 0 Å². The first kappa shape index (κ1) is 17.0. The van der Waals surface area contributed by atoms with Gasteiger partial charge in [0.1, 0.15) is 5.92 Å². The summed E-state index contributed by atoms with van der Waals surface area (Å²) in [5, 5.41) is 11.0. The second-order valence-electron chi connectivity index (χ2n) is 5.01. The summed E-state index contributed by atoms with van der Waals surface area (Å²) in [6.45, 7) is 3.31. The summed E-state index contributed by atoms with van der Waals surface area (Å²) in [6.07, 6.45) is -2.03. The van der Waals surface area contributed by atoms with Crippen LogP contribution in [0, 0.1) is 5.92 Å². The normalized spacial score (nSPS) is 23.8. The minimum absolute atomic E-state index is 0.0372. The smallest absolute Gasteiger partial charge is 0.400 e. The third kappa shape index (κ3) is 5.16. The van der Waals surface area contributed by atoms with Gasteiger partial charge in [-0.05, 0) is 25.8 Å². The van der Waals surface area contributed by atoms with Gasteiger partial charge in [-0.1, -0.05) is 12.1 Å². The minimum Gasteiger partial charge on any atom is -0.409 e. The Morgan fingerprint density at radius 2 is 2.25 bits per heavy atom. The maximum absolute atomic E-state index is 12.9. The molecule has 1 aliphatic rings. The lowest BCUT2D eigenvalue weighted by atomic mass is 10.0. The first-order valence-electron chi connectivity index (χ1n) is 6.76. The Hall–Kier alpha value is -1.02. The maximum atomic E-state index is 12.9. The van der Waals surface area contributed by atoms with E-state index in [1.54, 1.807) is 4.90 Å². The summed E-state index contributed by atoms with van der Waals surface area (Å²) in [4.78, 5) is 1.67. The number of rotatable bonds is 6. The number of hydrogen-bond acceptors (Lipinski definition) is 4. The van der Waals surface area contributed by atoms with Gasteiger partial charge < -0.3 is 15.7 Å². The van der Waals surface area contributed by atoms with E-state index in [9.17, 15) is 13.2 Å². The number of halogens is 3. The first-order valence-corrected chi connectivity index (χ1v) is 6.76. The van der Waals surface area contributed by atoms with Gasteiger partial charge in [-0.2, -0.15) is 13.2 Å². The molecule has 0 radical (unpaired) electrons. The molecule has 0 amide bonds. The van der Waals surface area contributed by atoms with Gasteiger partial charge in [0.15, 0.2) is 5.84 Å². The molecule has 1 heterocycles. The molecule has 0 aliphatic carbocycles. The van der Waals surface area contributed by atoms with Crippen LogP contribution in [0.2, 0.25) is 0 Å². The fourth-order valence-corrected chi connectivity index (χ4v) is 2.29. The predicted molar refractivity (Wildman–Crippen MR) is 68.7 cm³/mol. The predicted octanol–water partition coefficient (Wildman–Crippen LogP) is 1.80. The van der Waals surface area contributed by atoms with Crippen molar-refractivity contribution in [2.75, 3.05) is 26.2 Å². The van der Waals surface area contributed by atoms with Crippen molar-refractivity contribution in [1.82, 2.24) is 4.90 Å². The molecule has 5 nitrogen and oxygen atoms in total. The van der Waals surface area contributed by atoms with Crippen LogP contribution in [-0.4, -0.2) is 54.5 Å². The summed E-state index contributed by atoms with van der Waals surface area (Å²) in [5.41, 5.74) is 5.16. The highest BCUT2D eigenvalue weighted by molar-refractivity contribution is 5.83. The van der Waals surface area contributed by atoms with Gasteiger partial charge in [-0.25, -0.2) is 0 Å². The highest BCUT2D eigenvalue weighted by Crippen LogP contribution is 2.28. The Morgan fingerprint density at radius 3 is 2.80 bits per heavy atom. The number of nitrogens with zero attached hydrogens (tertiary/aromatic N) is 2. The van der Waals surface area contributed by atoms with E-state index >= 15 is 0 Å². The summed E-state index contributed by atoms with van der Waals surface area (Å²) < 4.78 is 44.2. The fourth-order valence-electron chi connectivity index (χ4n) is 2.29.